The van der Waals surface area contributed by atoms with E-state index in [1.54, 1.807) is 19.2 Å². The monoisotopic (exact) mass is 424 g/mol. The van der Waals surface area contributed by atoms with Crippen LogP contribution in [0.5, 0.6) is 23.0 Å². The van der Waals surface area contributed by atoms with E-state index >= 15 is 0 Å². The highest BCUT2D eigenvalue weighted by molar-refractivity contribution is 7.66. The summed E-state index contributed by atoms with van der Waals surface area (Å²) in [5.74, 6) is 2.21. The van der Waals surface area contributed by atoms with Crippen LogP contribution in [0, 0.1) is 6.92 Å². The number of rotatable bonds is 9. The van der Waals surface area contributed by atoms with E-state index in [1.807, 2.05) is 55.5 Å². The van der Waals surface area contributed by atoms with Crippen LogP contribution in [-0.2, 0) is 6.61 Å². The first-order valence-electron chi connectivity index (χ1n) is 9.44. The van der Waals surface area contributed by atoms with Crippen LogP contribution in [-0.4, -0.2) is 26.9 Å². The minimum atomic E-state index is -0.0732. The number of hydrogen-bond donors (Lipinski definition) is 0. The summed E-state index contributed by atoms with van der Waals surface area (Å²) in [6.07, 6.45) is 0. The summed E-state index contributed by atoms with van der Waals surface area (Å²) in [5.41, 5.74) is 2.46. The highest BCUT2D eigenvalue weighted by Crippen LogP contribution is 2.38. The van der Waals surface area contributed by atoms with Crippen molar-refractivity contribution >= 4 is 19.4 Å². The zero-order valence-electron chi connectivity index (χ0n) is 17.5. The third kappa shape index (κ3) is 5.11. The first kappa shape index (κ1) is 21.7. The second-order valence-electron chi connectivity index (χ2n) is 6.61. The average molecular weight is 424 g/mol. The normalized spacial score (nSPS) is 10.8. The minimum Gasteiger partial charge on any atom is -0.496 e. The predicted octanol–water partition coefficient (Wildman–Crippen LogP) is 4.74. The van der Waals surface area contributed by atoms with Crippen molar-refractivity contribution in [1.82, 2.24) is 0 Å². The van der Waals surface area contributed by atoms with Crippen LogP contribution in [0.15, 0.2) is 60.7 Å². The van der Waals surface area contributed by atoms with Gasteiger partial charge >= 0.3 is 0 Å². The van der Waals surface area contributed by atoms with Crippen LogP contribution in [0.3, 0.4) is 0 Å². The maximum absolute atomic E-state index is 13.1. The molecule has 0 N–H and O–H groups in total. The molecule has 3 aromatic carbocycles. The van der Waals surface area contributed by atoms with E-state index in [9.17, 15) is 4.79 Å². The van der Waals surface area contributed by atoms with E-state index in [2.05, 4.69) is 0 Å². The number of aryl methyl sites for hydroxylation is 1. The average Bonchev–Trinajstić information content (AvgIpc) is 2.78. The van der Waals surface area contributed by atoms with E-state index in [-0.39, 0.29) is 14.1 Å². The smallest absolute Gasteiger partial charge is 0.193 e. The predicted molar refractivity (Wildman–Crippen MR) is 120 cm³/mol. The molecule has 0 aromatic heterocycles. The van der Waals surface area contributed by atoms with Crippen LogP contribution in [0.25, 0.3) is 0 Å². The van der Waals surface area contributed by atoms with Gasteiger partial charge in [0, 0.05) is 12.1 Å². The highest BCUT2D eigenvalue weighted by Gasteiger charge is 2.21. The van der Waals surface area contributed by atoms with Crippen LogP contribution in [0.1, 0.15) is 21.5 Å². The molecule has 0 saturated heterocycles. The summed E-state index contributed by atoms with van der Waals surface area (Å²) >= 11 is 0. The van der Waals surface area contributed by atoms with Gasteiger partial charge in [-0.05, 0) is 44.1 Å². The number of hydrogen-bond acceptors (Lipinski definition) is 5. The first-order chi connectivity index (χ1) is 14.5. The van der Waals surface area contributed by atoms with Gasteiger partial charge in [-0.15, -0.1) is 0 Å². The fourth-order valence-electron chi connectivity index (χ4n) is 3.02. The zero-order valence-corrected chi connectivity index (χ0v) is 18.5. The molecule has 30 heavy (non-hydrogen) atoms. The largest absolute Gasteiger partial charge is 0.496 e. The molecule has 0 spiro atoms. The molecule has 156 valence electrons. The van der Waals surface area contributed by atoms with E-state index < -0.39 is 0 Å². The summed E-state index contributed by atoms with van der Waals surface area (Å²) in [6, 6.07) is 19.2. The summed E-state index contributed by atoms with van der Waals surface area (Å²) in [5, 5.41) is 0.951. The Labute approximate surface area is 178 Å². The van der Waals surface area contributed by atoms with Crippen molar-refractivity contribution in [3.05, 3.63) is 77.4 Å². The van der Waals surface area contributed by atoms with Gasteiger partial charge in [0.15, 0.2) is 5.52 Å². The van der Waals surface area contributed by atoms with Crippen LogP contribution < -0.4 is 24.3 Å². The molecule has 6 heteroatoms. The molecule has 3 rings (SSSR count). The number of ether oxygens (including phenoxy) is 4. The van der Waals surface area contributed by atoms with Crippen molar-refractivity contribution in [2.45, 2.75) is 13.5 Å². The fraction of sp³-hybridized carbons (Fsp3) is 0.208. The van der Waals surface area contributed by atoms with Crippen molar-refractivity contribution in [3.8, 4) is 23.0 Å². The lowest BCUT2D eigenvalue weighted by atomic mass is 10.2. The van der Waals surface area contributed by atoms with Crippen molar-refractivity contribution in [2.75, 3.05) is 21.3 Å². The van der Waals surface area contributed by atoms with Gasteiger partial charge in [-0.2, -0.15) is 0 Å². The molecule has 0 fully saturated rings. The fourth-order valence-corrected chi connectivity index (χ4v) is 4.07. The Kier molecular flexibility index (Phi) is 7.31. The molecular weight excluding hydrogens is 399 g/mol. The Morgan fingerprint density at radius 2 is 1.50 bits per heavy atom. The maximum Gasteiger partial charge on any atom is 0.193 e. The molecule has 0 radical (unpaired) electrons. The van der Waals surface area contributed by atoms with Crippen LogP contribution >= 0.6 is 8.58 Å². The lowest BCUT2D eigenvalue weighted by Crippen LogP contribution is -2.08. The Morgan fingerprint density at radius 3 is 2.07 bits per heavy atom. The topological polar surface area (TPSA) is 54.0 Å². The Balaban J connectivity index is 1.77. The molecule has 1 atom stereocenters. The molecule has 0 aliphatic carbocycles. The van der Waals surface area contributed by atoms with E-state index in [1.165, 1.54) is 14.2 Å². The van der Waals surface area contributed by atoms with E-state index in [0.29, 0.717) is 29.4 Å². The number of carbonyl (C=O) groups is 1. The lowest BCUT2D eigenvalue weighted by Gasteiger charge is -2.15. The Morgan fingerprint density at radius 1 is 0.833 bits per heavy atom. The standard InChI is InChI=1S/C24H25O5P/c1-16-12-18(29-15-17-8-6-5-7-9-17)10-11-22(16)30-24(25)23-20(27-3)13-19(26-2)14-21(23)28-4/h5-14,30H,15H2,1-4H3. The van der Waals surface area contributed by atoms with Crippen LogP contribution in [0.4, 0.5) is 0 Å². The SMILES string of the molecule is COc1cc(OC)c(C(=O)Pc2ccc(OCc3ccccc3)cc2C)c(OC)c1. The van der Waals surface area contributed by atoms with Gasteiger partial charge in [0.25, 0.3) is 0 Å². The number of carbonyl (C=O) groups excluding carboxylic acids is 1. The molecule has 1 unspecified atom stereocenters. The van der Waals surface area contributed by atoms with Gasteiger partial charge in [-0.1, -0.05) is 36.4 Å². The van der Waals surface area contributed by atoms with Crippen LogP contribution in [0.2, 0.25) is 0 Å². The first-order valence-corrected chi connectivity index (χ1v) is 10.4. The van der Waals surface area contributed by atoms with Gasteiger partial charge in [0.1, 0.15) is 35.2 Å². The minimum absolute atomic E-state index is 0.0626. The zero-order chi connectivity index (χ0) is 21.5. The van der Waals surface area contributed by atoms with Gasteiger partial charge in [-0.25, -0.2) is 0 Å². The quantitative estimate of drug-likeness (QED) is 0.464. The van der Waals surface area contributed by atoms with Gasteiger partial charge in [0.2, 0.25) is 0 Å². The van der Waals surface area contributed by atoms with Crippen molar-refractivity contribution in [2.24, 2.45) is 0 Å². The van der Waals surface area contributed by atoms with Crippen molar-refractivity contribution in [3.63, 3.8) is 0 Å². The lowest BCUT2D eigenvalue weighted by molar-refractivity contribution is 0.108. The molecule has 0 amide bonds. The molecule has 0 aliphatic heterocycles. The summed E-state index contributed by atoms with van der Waals surface area (Å²) in [6.45, 7) is 2.48. The molecule has 5 nitrogen and oxygen atoms in total. The van der Waals surface area contributed by atoms with E-state index in [0.717, 1.165) is 22.2 Å². The molecule has 0 saturated carbocycles. The van der Waals surface area contributed by atoms with Crippen molar-refractivity contribution < 1.29 is 23.7 Å². The maximum atomic E-state index is 13.1. The van der Waals surface area contributed by atoms with Gasteiger partial charge in [0.05, 0.1) is 21.3 Å². The molecular formula is C24H25O5P. The third-order valence-corrected chi connectivity index (χ3v) is 5.94. The molecule has 0 heterocycles. The summed E-state index contributed by atoms with van der Waals surface area (Å²) in [7, 11) is 4.54. The third-order valence-electron chi connectivity index (χ3n) is 4.64. The molecule has 0 bridgehead atoms. The Hall–Kier alpha value is -3.04. The summed E-state index contributed by atoms with van der Waals surface area (Å²) in [4.78, 5) is 13.1. The molecule has 3 aromatic rings. The second kappa shape index (κ2) is 10.1. The Bertz CT molecular complexity index is 992. The number of methoxy groups -OCH3 is 3. The van der Waals surface area contributed by atoms with Gasteiger partial charge < -0.3 is 18.9 Å². The summed E-state index contributed by atoms with van der Waals surface area (Å²) < 4.78 is 22.0. The second-order valence-corrected chi connectivity index (χ2v) is 7.85. The highest BCUT2D eigenvalue weighted by atomic mass is 31.1. The van der Waals surface area contributed by atoms with Crippen molar-refractivity contribution in [1.29, 1.82) is 0 Å². The number of benzene rings is 3. The van der Waals surface area contributed by atoms with Gasteiger partial charge in [-0.3, -0.25) is 4.79 Å². The van der Waals surface area contributed by atoms with E-state index in [4.69, 9.17) is 18.9 Å². The molecule has 0 aliphatic rings.